The Morgan fingerprint density at radius 3 is 2.70 bits per heavy atom. The van der Waals surface area contributed by atoms with Crippen LogP contribution in [0.15, 0.2) is 35.3 Å². The molecule has 2 aromatic rings. The number of benzene rings is 1. The molecule has 0 spiro atoms. The molecule has 0 bridgehead atoms. The Morgan fingerprint density at radius 2 is 2.00 bits per heavy atom. The van der Waals surface area contributed by atoms with Crippen LogP contribution in [-0.2, 0) is 6.54 Å². The van der Waals surface area contributed by atoms with Gasteiger partial charge in [0.2, 0.25) is 0 Å². The number of carbonyl (C=O) groups excluding carboxylic acids is 1. The van der Waals surface area contributed by atoms with Crippen molar-refractivity contribution in [3.63, 3.8) is 0 Å². The Labute approximate surface area is 158 Å². The number of pyridine rings is 1. The Hall–Kier alpha value is -2.18. The molecule has 3 N–H and O–H groups in total. The fraction of sp³-hybridized carbons (Fsp3) is 0.524. The zero-order valence-electron chi connectivity index (χ0n) is 16.0. The molecule has 1 saturated carbocycles. The summed E-state index contributed by atoms with van der Waals surface area (Å²) < 4.78 is 1.43. The molecule has 1 heterocycles. The van der Waals surface area contributed by atoms with Crippen molar-refractivity contribution in [1.29, 1.82) is 0 Å². The molecular formula is C21H28N2O4. The summed E-state index contributed by atoms with van der Waals surface area (Å²) in [5.74, 6) is -0.295. The van der Waals surface area contributed by atoms with E-state index in [1.54, 1.807) is 30.5 Å². The van der Waals surface area contributed by atoms with Gasteiger partial charge in [-0.1, -0.05) is 19.9 Å². The number of aromatic nitrogens is 1. The summed E-state index contributed by atoms with van der Waals surface area (Å²) in [5.41, 5.74) is -0.645. The average molecular weight is 372 g/mol. The molecule has 1 unspecified atom stereocenters. The predicted molar refractivity (Wildman–Crippen MR) is 105 cm³/mol. The quantitative estimate of drug-likeness (QED) is 0.749. The molecule has 1 fully saturated rings. The normalized spacial score (nSPS) is 21.9. The van der Waals surface area contributed by atoms with E-state index in [2.05, 4.69) is 19.2 Å². The maximum absolute atomic E-state index is 12.8. The van der Waals surface area contributed by atoms with Crippen molar-refractivity contribution in [3.05, 3.63) is 46.4 Å². The van der Waals surface area contributed by atoms with Gasteiger partial charge in [-0.3, -0.25) is 9.59 Å². The fourth-order valence-corrected chi connectivity index (χ4v) is 4.25. The highest BCUT2D eigenvalue weighted by molar-refractivity contribution is 6.06. The van der Waals surface area contributed by atoms with Crippen LogP contribution < -0.4 is 10.9 Å². The predicted octanol–water partition coefficient (Wildman–Crippen LogP) is 2.05. The van der Waals surface area contributed by atoms with Crippen LogP contribution >= 0.6 is 0 Å². The molecule has 6 heteroatoms. The Balaban J connectivity index is 1.82. The van der Waals surface area contributed by atoms with Gasteiger partial charge in [0.15, 0.2) is 0 Å². The second kappa shape index (κ2) is 7.44. The van der Waals surface area contributed by atoms with Crippen molar-refractivity contribution >= 4 is 16.7 Å². The first-order valence-electron chi connectivity index (χ1n) is 9.48. The topological polar surface area (TPSA) is 91.6 Å². The summed E-state index contributed by atoms with van der Waals surface area (Å²) in [4.78, 5) is 25.3. The van der Waals surface area contributed by atoms with E-state index in [-0.39, 0.29) is 36.6 Å². The molecular weight excluding hydrogens is 344 g/mol. The van der Waals surface area contributed by atoms with Gasteiger partial charge in [0.25, 0.3) is 11.5 Å². The van der Waals surface area contributed by atoms with Crippen molar-refractivity contribution in [2.24, 2.45) is 5.41 Å². The first kappa shape index (κ1) is 19.6. The molecule has 1 aliphatic rings. The number of nitrogens with zero attached hydrogens (tertiary/aromatic N) is 1. The van der Waals surface area contributed by atoms with E-state index in [1.807, 2.05) is 0 Å². The van der Waals surface area contributed by atoms with E-state index in [0.717, 1.165) is 12.8 Å². The number of hydrogen-bond acceptors (Lipinski definition) is 4. The van der Waals surface area contributed by atoms with Crippen LogP contribution in [0.5, 0.6) is 0 Å². The van der Waals surface area contributed by atoms with Gasteiger partial charge in [-0.05, 0) is 49.3 Å². The zero-order valence-corrected chi connectivity index (χ0v) is 16.0. The summed E-state index contributed by atoms with van der Waals surface area (Å²) in [6, 6.07) is 6.77. The number of hydrogen-bond donors (Lipinski definition) is 3. The average Bonchev–Trinajstić information content (AvgIpc) is 2.61. The number of aliphatic hydroxyl groups is 2. The van der Waals surface area contributed by atoms with Crippen molar-refractivity contribution in [3.8, 4) is 0 Å². The number of carbonyl (C=O) groups is 1. The lowest BCUT2D eigenvalue weighted by atomic mass is 9.70. The molecule has 0 radical (unpaired) electrons. The fourth-order valence-electron chi connectivity index (χ4n) is 4.25. The van der Waals surface area contributed by atoms with E-state index in [0.29, 0.717) is 29.2 Å². The van der Waals surface area contributed by atoms with Gasteiger partial charge < -0.3 is 20.1 Å². The molecule has 0 aliphatic heterocycles. The number of rotatable bonds is 5. The van der Waals surface area contributed by atoms with E-state index in [9.17, 15) is 14.7 Å². The first-order valence-corrected chi connectivity index (χ1v) is 9.48. The minimum absolute atomic E-state index is 0.0644. The van der Waals surface area contributed by atoms with Crippen molar-refractivity contribution < 1.29 is 15.0 Å². The van der Waals surface area contributed by atoms with Crippen LogP contribution in [0, 0.1) is 5.41 Å². The van der Waals surface area contributed by atoms with Crippen LogP contribution in [-0.4, -0.2) is 39.4 Å². The lowest BCUT2D eigenvalue weighted by molar-refractivity contribution is -0.0361. The van der Waals surface area contributed by atoms with E-state index < -0.39 is 5.60 Å². The molecule has 6 nitrogen and oxygen atoms in total. The molecule has 27 heavy (non-hydrogen) atoms. The summed E-state index contributed by atoms with van der Waals surface area (Å²) in [6.07, 6.45) is 4.94. The molecule has 1 aromatic heterocycles. The SMILES string of the molecule is CC1(C)CCCC(O)(CNC(=O)c2cccc3c(=O)n(CCO)ccc23)C1. The van der Waals surface area contributed by atoms with Crippen LogP contribution in [0.2, 0.25) is 0 Å². The van der Waals surface area contributed by atoms with Crippen LogP contribution in [0.1, 0.15) is 49.9 Å². The van der Waals surface area contributed by atoms with E-state index >= 15 is 0 Å². The van der Waals surface area contributed by atoms with Gasteiger partial charge >= 0.3 is 0 Å². The summed E-state index contributed by atoms with van der Waals surface area (Å²) in [7, 11) is 0. The van der Waals surface area contributed by atoms with Gasteiger partial charge in [-0.25, -0.2) is 0 Å². The highest BCUT2D eigenvalue weighted by Gasteiger charge is 2.38. The first-order chi connectivity index (χ1) is 12.7. The molecule has 1 atom stereocenters. The Morgan fingerprint density at radius 1 is 1.22 bits per heavy atom. The Kier molecular flexibility index (Phi) is 5.40. The number of amides is 1. The third-order valence-electron chi connectivity index (χ3n) is 5.49. The van der Waals surface area contributed by atoms with E-state index in [4.69, 9.17) is 5.11 Å². The van der Waals surface area contributed by atoms with Crippen LogP contribution in [0.3, 0.4) is 0 Å². The van der Waals surface area contributed by atoms with Crippen LogP contribution in [0.25, 0.3) is 10.8 Å². The third kappa shape index (κ3) is 4.22. The summed E-state index contributed by atoms with van der Waals surface area (Å²) in [5, 5.41) is 23.8. The van der Waals surface area contributed by atoms with Gasteiger partial charge in [-0.15, -0.1) is 0 Å². The van der Waals surface area contributed by atoms with Crippen molar-refractivity contribution in [2.75, 3.05) is 13.2 Å². The molecule has 1 aromatic carbocycles. The molecule has 3 rings (SSSR count). The lowest BCUT2D eigenvalue weighted by Gasteiger charge is -2.41. The second-order valence-electron chi connectivity index (χ2n) is 8.41. The van der Waals surface area contributed by atoms with Gasteiger partial charge in [0.05, 0.1) is 12.2 Å². The van der Waals surface area contributed by atoms with Crippen LogP contribution in [0.4, 0.5) is 0 Å². The largest absolute Gasteiger partial charge is 0.395 e. The monoisotopic (exact) mass is 372 g/mol. The van der Waals surface area contributed by atoms with Crippen molar-refractivity contribution in [1.82, 2.24) is 9.88 Å². The smallest absolute Gasteiger partial charge is 0.258 e. The number of fused-ring (bicyclic) bond motifs is 1. The van der Waals surface area contributed by atoms with Gasteiger partial charge in [0.1, 0.15) is 0 Å². The number of aliphatic hydroxyl groups excluding tert-OH is 1. The standard InChI is InChI=1S/C21H28N2O4/c1-20(2)8-4-9-21(27,13-20)14-22-18(25)16-5-3-6-17-15(16)7-10-23(11-12-24)19(17)26/h3,5-7,10,24,27H,4,8-9,11-14H2,1-2H3,(H,22,25). The Bertz CT molecular complexity index is 903. The number of nitrogens with one attached hydrogen (secondary N) is 1. The molecule has 0 saturated heterocycles. The zero-order chi connectivity index (χ0) is 19.7. The van der Waals surface area contributed by atoms with Gasteiger partial charge in [0, 0.05) is 35.6 Å². The summed E-state index contributed by atoms with van der Waals surface area (Å²) >= 11 is 0. The van der Waals surface area contributed by atoms with E-state index in [1.165, 1.54) is 4.57 Å². The highest BCUT2D eigenvalue weighted by Crippen LogP contribution is 2.40. The maximum Gasteiger partial charge on any atom is 0.258 e. The third-order valence-corrected chi connectivity index (χ3v) is 5.49. The molecule has 146 valence electrons. The molecule has 1 aliphatic carbocycles. The molecule has 1 amide bonds. The van der Waals surface area contributed by atoms with Crippen molar-refractivity contribution in [2.45, 2.75) is 51.7 Å². The van der Waals surface area contributed by atoms with Gasteiger partial charge in [-0.2, -0.15) is 0 Å². The summed E-state index contributed by atoms with van der Waals surface area (Å²) in [6.45, 7) is 4.57. The maximum atomic E-state index is 12.8. The second-order valence-corrected chi connectivity index (χ2v) is 8.41. The minimum atomic E-state index is -0.893. The highest BCUT2D eigenvalue weighted by atomic mass is 16.3. The lowest BCUT2D eigenvalue weighted by Crippen LogP contribution is -2.48. The minimum Gasteiger partial charge on any atom is -0.395 e.